The number of nitrogens with zero attached hydrogens (tertiary/aromatic N) is 5. The molecule has 0 aliphatic carbocycles. The van der Waals surface area contributed by atoms with Gasteiger partial charge in [-0.05, 0) is 36.9 Å². The number of hydrogen-bond donors (Lipinski definition) is 2. The minimum absolute atomic E-state index is 0.0734. The molecule has 4 aromatic rings. The Hall–Kier alpha value is -3.46. The first-order chi connectivity index (χ1) is 17.5. The highest BCUT2D eigenvalue weighted by molar-refractivity contribution is 7.23. The topological polar surface area (TPSA) is 113 Å². The lowest BCUT2D eigenvalue weighted by Crippen LogP contribution is -2.42. The number of anilines is 2. The molecule has 0 bridgehead atoms. The van der Waals surface area contributed by atoms with E-state index in [-0.39, 0.29) is 56.2 Å². The number of aromatic nitrogens is 3. The highest BCUT2D eigenvalue weighted by atomic mass is 32.1. The van der Waals surface area contributed by atoms with Gasteiger partial charge in [-0.2, -0.15) is 5.26 Å². The lowest BCUT2D eigenvalue weighted by atomic mass is 9.94. The molecule has 11 heteroatoms. The number of ether oxygens (including phenoxy) is 1. The fourth-order valence-corrected chi connectivity index (χ4v) is 6.87. The van der Waals surface area contributed by atoms with Crippen molar-refractivity contribution in [2.24, 2.45) is 0 Å². The number of rotatable bonds is 2. The molecule has 8 nitrogen and oxygen atoms in total. The summed E-state index contributed by atoms with van der Waals surface area (Å²) < 4.78 is 36.9. The van der Waals surface area contributed by atoms with Gasteiger partial charge >= 0.3 is 0 Å². The molecule has 0 unspecified atom stereocenters. The number of halogens is 2. The largest absolute Gasteiger partial charge is 0.389 e. The number of nitrogens with one attached hydrogen (secondary N) is 1. The van der Waals surface area contributed by atoms with E-state index in [1.54, 1.807) is 6.20 Å². The molecule has 0 amide bonds. The van der Waals surface area contributed by atoms with E-state index in [9.17, 15) is 9.65 Å². The van der Waals surface area contributed by atoms with Crippen molar-refractivity contribution in [1.82, 2.24) is 20.3 Å². The van der Waals surface area contributed by atoms with Crippen LogP contribution in [0.2, 0.25) is 0 Å². The third-order valence-electron chi connectivity index (χ3n) is 7.70. The normalized spacial score (nSPS) is 21.2. The molecule has 7 rings (SSSR count). The van der Waals surface area contributed by atoms with Crippen molar-refractivity contribution >= 4 is 43.3 Å². The van der Waals surface area contributed by atoms with Crippen molar-refractivity contribution in [3.05, 3.63) is 40.7 Å². The zero-order valence-corrected chi connectivity index (χ0v) is 20.0. The number of nitrogen functional groups attached to an aromatic ring is 1. The van der Waals surface area contributed by atoms with Crippen LogP contribution in [-0.4, -0.2) is 40.1 Å². The van der Waals surface area contributed by atoms with Gasteiger partial charge in [0.25, 0.3) is 0 Å². The second-order valence-corrected chi connectivity index (χ2v) is 10.7. The Morgan fingerprint density at radius 1 is 1.19 bits per heavy atom. The number of benzene rings is 1. The van der Waals surface area contributed by atoms with Gasteiger partial charge < -0.3 is 20.7 Å². The van der Waals surface area contributed by atoms with Gasteiger partial charge in [-0.1, -0.05) is 0 Å². The number of pyridine rings is 1. The van der Waals surface area contributed by atoms with Crippen molar-refractivity contribution in [2.75, 3.05) is 30.3 Å². The summed E-state index contributed by atoms with van der Waals surface area (Å²) in [5.41, 5.74) is 8.09. The van der Waals surface area contributed by atoms with E-state index >= 15 is 4.39 Å². The monoisotopic (exact) mass is 505 g/mol. The van der Waals surface area contributed by atoms with Crippen LogP contribution in [0.5, 0.6) is 0 Å². The van der Waals surface area contributed by atoms with Crippen molar-refractivity contribution in [3.63, 3.8) is 0 Å². The molecule has 3 aliphatic heterocycles. The van der Waals surface area contributed by atoms with E-state index in [0.29, 0.717) is 16.9 Å². The fraction of sp³-hybridized carbons (Fsp3) is 0.360. The van der Waals surface area contributed by atoms with E-state index in [4.69, 9.17) is 10.5 Å². The molecule has 1 atom stereocenters. The van der Waals surface area contributed by atoms with Crippen LogP contribution < -0.4 is 16.0 Å². The Kier molecular flexibility index (Phi) is 4.70. The van der Waals surface area contributed by atoms with Gasteiger partial charge in [-0.25, -0.2) is 18.7 Å². The zero-order valence-electron chi connectivity index (χ0n) is 19.2. The summed E-state index contributed by atoms with van der Waals surface area (Å²) in [4.78, 5) is 15.6. The molecule has 3 N–H and O–H groups in total. The summed E-state index contributed by atoms with van der Waals surface area (Å²) in [5, 5.41) is 14.3. The minimum atomic E-state index is -0.603. The molecule has 0 saturated carbocycles. The number of thiophene rings is 1. The number of nitrogens with two attached hydrogens (primary N) is 1. The number of hydrogen-bond acceptors (Lipinski definition) is 9. The summed E-state index contributed by atoms with van der Waals surface area (Å²) in [6.07, 6.45) is 5.96. The quantitative estimate of drug-likeness (QED) is 0.420. The first-order valence-electron chi connectivity index (χ1n) is 11.8. The molecule has 2 saturated heterocycles. The highest BCUT2D eigenvalue weighted by Crippen LogP contribution is 2.45. The fourth-order valence-electron chi connectivity index (χ4n) is 5.95. The molecule has 3 aromatic heterocycles. The zero-order chi connectivity index (χ0) is 24.6. The van der Waals surface area contributed by atoms with Crippen LogP contribution in [-0.2, 0) is 18.0 Å². The molecule has 6 heterocycles. The average molecular weight is 506 g/mol. The van der Waals surface area contributed by atoms with E-state index in [0.717, 1.165) is 62.0 Å². The smallest absolute Gasteiger partial charge is 0.226 e. The van der Waals surface area contributed by atoms with Gasteiger partial charge in [0.15, 0.2) is 11.6 Å². The van der Waals surface area contributed by atoms with Gasteiger partial charge in [0.05, 0.1) is 35.4 Å². The summed E-state index contributed by atoms with van der Waals surface area (Å²) in [6, 6.07) is 2.04. The van der Waals surface area contributed by atoms with Crippen LogP contribution in [0.3, 0.4) is 0 Å². The van der Waals surface area contributed by atoms with Crippen LogP contribution >= 0.6 is 11.3 Å². The molecule has 36 heavy (non-hydrogen) atoms. The second-order valence-electron chi connectivity index (χ2n) is 9.67. The van der Waals surface area contributed by atoms with E-state index < -0.39 is 11.6 Å². The predicted molar refractivity (Wildman–Crippen MR) is 132 cm³/mol. The number of fused-ring (bicyclic) bond motifs is 4. The standard InChI is InChI=1S/C25H21F2N7OS/c26-16-8-30-21(18-12(6-28)23(29)36-22(16)18)17-15-10-35-9-14(15)13-7-31-24(33-20(13)19(17)27)34-5-3-25(11-34)2-1-4-32-25/h7-8,32H,1-5,9-11,29H2/t25-/m0/s1. The van der Waals surface area contributed by atoms with Crippen molar-refractivity contribution in [1.29, 1.82) is 5.26 Å². The highest BCUT2D eigenvalue weighted by Gasteiger charge is 2.41. The van der Waals surface area contributed by atoms with Gasteiger partial charge in [-0.15, -0.1) is 11.3 Å². The van der Waals surface area contributed by atoms with Gasteiger partial charge in [-0.3, -0.25) is 4.98 Å². The summed E-state index contributed by atoms with van der Waals surface area (Å²) in [6.45, 7) is 3.02. The van der Waals surface area contributed by atoms with E-state index in [1.807, 2.05) is 6.07 Å². The average Bonchev–Trinajstić information content (AvgIpc) is 3.68. The van der Waals surface area contributed by atoms with Crippen LogP contribution in [0, 0.1) is 23.0 Å². The second kappa shape index (κ2) is 7.77. The Balaban J connectivity index is 1.45. The minimum Gasteiger partial charge on any atom is -0.389 e. The Labute approximate surface area is 208 Å². The molecule has 2 fully saturated rings. The first kappa shape index (κ1) is 21.8. The third-order valence-corrected chi connectivity index (χ3v) is 8.73. The molecule has 1 spiro atoms. The summed E-state index contributed by atoms with van der Waals surface area (Å²) in [7, 11) is 0. The van der Waals surface area contributed by atoms with Crippen molar-refractivity contribution in [2.45, 2.75) is 38.0 Å². The lowest BCUT2D eigenvalue weighted by Gasteiger charge is -2.24. The molecule has 3 aliphatic rings. The Morgan fingerprint density at radius 2 is 2.06 bits per heavy atom. The maximum absolute atomic E-state index is 16.4. The molecular weight excluding hydrogens is 484 g/mol. The maximum Gasteiger partial charge on any atom is 0.226 e. The van der Waals surface area contributed by atoms with Crippen molar-refractivity contribution in [3.8, 4) is 17.3 Å². The Morgan fingerprint density at radius 3 is 2.86 bits per heavy atom. The van der Waals surface area contributed by atoms with Gasteiger partial charge in [0.2, 0.25) is 5.95 Å². The van der Waals surface area contributed by atoms with Gasteiger partial charge in [0, 0.05) is 41.2 Å². The Bertz CT molecular complexity index is 1620. The molecule has 1 aromatic carbocycles. The van der Waals surface area contributed by atoms with Crippen LogP contribution in [0.1, 0.15) is 36.0 Å². The molecule has 182 valence electrons. The van der Waals surface area contributed by atoms with Crippen LogP contribution in [0.15, 0.2) is 12.4 Å². The maximum atomic E-state index is 16.4. The van der Waals surface area contributed by atoms with Crippen LogP contribution in [0.25, 0.3) is 32.2 Å². The third kappa shape index (κ3) is 2.98. The summed E-state index contributed by atoms with van der Waals surface area (Å²) in [5.74, 6) is -0.708. The van der Waals surface area contributed by atoms with Crippen LogP contribution in [0.4, 0.5) is 19.7 Å². The molecule has 0 radical (unpaired) electrons. The predicted octanol–water partition coefficient (Wildman–Crippen LogP) is 4.00. The SMILES string of the molecule is N#Cc1c(N)sc2c(F)cnc(-c3c4c(c5cnc(N6CC[C@@]7(CCCN7)C6)nc5c3F)COC4)c12. The first-order valence-corrected chi connectivity index (χ1v) is 12.7. The van der Waals surface area contributed by atoms with E-state index in [1.165, 1.54) is 0 Å². The lowest BCUT2D eigenvalue weighted by molar-refractivity contribution is 0.135. The number of nitriles is 1. The molecular formula is C25H21F2N7OS. The van der Waals surface area contributed by atoms with Crippen molar-refractivity contribution < 1.29 is 13.5 Å². The van der Waals surface area contributed by atoms with E-state index in [2.05, 4.69) is 25.2 Å². The van der Waals surface area contributed by atoms with Gasteiger partial charge in [0.1, 0.15) is 16.6 Å². The summed E-state index contributed by atoms with van der Waals surface area (Å²) >= 11 is 0.958.